The fraction of sp³-hybridized carbons (Fsp3) is 0.150. The van der Waals surface area contributed by atoms with Gasteiger partial charge in [0.2, 0.25) is 11.2 Å². The fourth-order valence-corrected chi connectivity index (χ4v) is 3.03. The van der Waals surface area contributed by atoms with Gasteiger partial charge in [0.25, 0.3) is 0 Å². The second kappa shape index (κ2) is 6.15. The molecular weight excluding hydrogens is 336 g/mol. The summed E-state index contributed by atoms with van der Waals surface area (Å²) in [4.78, 5) is 12.9. The molecule has 0 saturated heterocycles. The Hall–Kier alpha value is -3.41. The van der Waals surface area contributed by atoms with Crippen molar-refractivity contribution in [2.24, 2.45) is 0 Å². The van der Waals surface area contributed by atoms with Gasteiger partial charge in [-0.1, -0.05) is 0 Å². The molecule has 2 aromatic heterocycles. The molecule has 4 rings (SSSR count). The van der Waals surface area contributed by atoms with Crippen molar-refractivity contribution in [2.75, 3.05) is 21.3 Å². The van der Waals surface area contributed by atoms with Crippen LogP contribution in [-0.2, 0) is 0 Å². The molecule has 2 heterocycles. The van der Waals surface area contributed by atoms with Gasteiger partial charge in [0.05, 0.1) is 38.4 Å². The molecular formula is C20H16O6. The van der Waals surface area contributed by atoms with Gasteiger partial charge in [-0.25, -0.2) is 0 Å². The molecule has 0 fully saturated rings. The van der Waals surface area contributed by atoms with Crippen LogP contribution in [0, 0.1) is 0 Å². The summed E-state index contributed by atoms with van der Waals surface area (Å²) >= 11 is 0. The smallest absolute Gasteiger partial charge is 0.235 e. The Labute approximate surface area is 148 Å². The van der Waals surface area contributed by atoms with Crippen molar-refractivity contribution in [1.29, 1.82) is 0 Å². The van der Waals surface area contributed by atoms with Crippen molar-refractivity contribution in [2.45, 2.75) is 0 Å². The number of ether oxygens (including phenoxy) is 3. The van der Waals surface area contributed by atoms with Crippen LogP contribution < -0.4 is 19.6 Å². The predicted octanol–water partition coefficient (Wildman–Crippen LogP) is 4.23. The molecule has 0 N–H and O–H groups in total. The molecule has 0 unspecified atom stereocenters. The van der Waals surface area contributed by atoms with Crippen molar-refractivity contribution in [3.63, 3.8) is 0 Å². The second-order valence-electron chi connectivity index (χ2n) is 5.64. The lowest BCUT2D eigenvalue weighted by atomic mass is 10.1. The minimum absolute atomic E-state index is 0.132. The molecule has 0 saturated carbocycles. The average molecular weight is 352 g/mol. The van der Waals surface area contributed by atoms with E-state index in [-0.39, 0.29) is 11.2 Å². The van der Waals surface area contributed by atoms with Crippen LogP contribution in [0.15, 0.2) is 56.3 Å². The quantitative estimate of drug-likeness (QED) is 0.547. The maximum Gasteiger partial charge on any atom is 0.235 e. The highest BCUT2D eigenvalue weighted by Gasteiger charge is 2.20. The highest BCUT2D eigenvalue weighted by Crippen LogP contribution is 2.37. The molecule has 0 amide bonds. The summed E-state index contributed by atoms with van der Waals surface area (Å²) in [6.07, 6.45) is 1.56. The lowest BCUT2D eigenvalue weighted by Crippen LogP contribution is -2.07. The Morgan fingerprint density at radius 2 is 1.65 bits per heavy atom. The minimum Gasteiger partial charge on any atom is -0.493 e. The zero-order chi connectivity index (χ0) is 18.3. The van der Waals surface area contributed by atoms with Gasteiger partial charge >= 0.3 is 0 Å². The molecule has 4 aromatic rings. The number of furan rings is 1. The molecule has 2 aromatic carbocycles. The number of fused-ring (bicyclic) bond motifs is 3. The maximum absolute atomic E-state index is 12.9. The van der Waals surface area contributed by atoms with Gasteiger partial charge in [-0.3, -0.25) is 4.79 Å². The summed E-state index contributed by atoms with van der Waals surface area (Å²) in [6, 6.07) is 10.4. The van der Waals surface area contributed by atoms with Gasteiger partial charge in [-0.15, -0.1) is 0 Å². The summed E-state index contributed by atoms with van der Waals surface area (Å²) in [5.74, 6) is 1.55. The molecule has 0 atom stereocenters. The summed E-state index contributed by atoms with van der Waals surface area (Å²) in [5, 5.41) is 1.16. The molecule has 0 aliphatic heterocycles. The Morgan fingerprint density at radius 1 is 0.846 bits per heavy atom. The van der Waals surface area contributed by atoms with E-state index < -0.39 is 0 Å². The van der Waals surface area contributed by atoms with E-state index in [1.165, 1.54) is 7.11 Å². The molecule has 0 radical (unpaired) electrons. The Kier molecular flexibility index (Phi) is 3.80. The molecule has 132 valence electrons. The van der Waals surface area contributed by atoms with E-state index in [1.54, 1.807) is 56.9 Å². The van der Waals surface area contributed by atoms with Crippen LogP contribution in [-0.4, -0.2) is 21.3 Å². The summed E-state index contributed by atoms with van der Waals surface area (Å²) in [7, 11) is 4.55. The van der Waals surface area contributed by atoms with E-state index in [9.17, 15) is 4.79 Å². The number of hydrogen-bond acceptors (Lipinski definition) is 6. The number of hydrogen-bond donors (Lipinski definition) is 0. The van der Waals surface area contributed by atoms with E-state index in [2.05, 4.69) is 0 Å². The lowest BCUT2D eigenvalue weighted by Gasteiger charge is -2.12. The first-order valence-corrected chi connectivity index (χ1v) is 7.91. The summed E-state index contributed by atoms with van der Waals surface area (Å²) < 4.78 is 27.5. The summed E-state index contributed by atoms with van der Waals surface area (Å²) in [6.45, 7) is 0. The maximum atomic E-state index is 12.9. The third-order valence-electron chi connectivity index (χ3n) is 4.30. The first-order chi connectivity index (χ1) is 12.7. The van der Waals surface area contributed by atoms with Crippen molar-refractivity contribution in [1.82, 2.24) is 0 Å². The van der Waals surface area contributed by atoms with Crippen molar-refractivity contribution >= 4 is 21.9 Å². The zero-order valence-corrected chi connectivity index (χ0v) is 14.5. The molecule has 0 bridgehead atoms. The fourth-order valence-electron chi connectivity index (χ4n) is 3.03. The Bertz CT molecular complexity index is 1170. The molecule has 26 heavy (non-hydrogen) atoms. The Morgan fingerprint density at radius 3 is 2.38 bits per heavy atom. The first-order valence-electron chi connectivity index (χ1n) is 7.91. The minimum atomic E-state index is -0.248. The van der Waals surface area contributed by atoms with E-state index in [0.717, 1.165) is 5.39 Å². The third kappa shape index (κ3) is 2.30. The van der Waals surface area contributed by atoms with Gasteiger partial charge in [0.15, 0.2) is 17.3 Å². The normalized spacial score (nSPS) is 11.0. The summed E-state index contributed by atoms with van der Waals surface area (Å²) in [5.41, 5.74) is 1.48. The van der Waals surface area contributed by atoms with Crippen LogP contribution in [0.25, 0.3) is 33.3 Å². The number of methoxy groups -OCH3 is 3. The molecule has 0 aliphatic carbocycles. The number of benzene rings is 2. The second-order valence-corrected chi connectivity index (χ2v) is 5.64. The van der Waals surface area contributed by atoms with Crippen LogP contribution in [0.3, 0.4) is 0 Å². The van der Waals surface area contributed by atoms with Crippen molar-refractivity contribution < 1.29 is 23.0 Å². The number of rotatable bonds is 4. The largest absolute Gasteiger partial charge is 0.493 e. The average Bonchev–Trinajstić information content (AvgIpc) is 3.16. The monoisotopic (exact) mass is 352 g/mol. The molecule has 6 nitrogen and oxygen atoms in total. The van der Waals surface area contributed by atoms with Gasteiger partial charge < -0.3 is 23.0 Å². The van der Waals surface area contributed by atoms with E-state index in [4.69, 9.17) is 23.0 Å². The topological polar surface area (TPSA) is 71.0 Å². The molecule has 0 aliphatic rings. The molecule has 6 heteroatoms. The van der Waals surface area contributed by atoms with E-state index >= 15 is 0 Å². The van der Waals surface area contributed by atoms with Crippen molar-refractivity contribution in [3.05, 3.63) is 52.9 Å². The molecule has 0 spiro atoms. The van der Waals surface area contributed by atoms with Gasteiger partial charge in [0, 0.05) is 5.56 Å². The zero-order valence-electron chi connectivity index (χ0n) is 14.5. The van der Waals surface area contributed by atoms with Crippen LogP contribution >= 0.6 is 0 Å². The first kappa shape index (κ1) is 16.1. The highest BCUT2D eigenvalue weighted by molar-refractivity contribution is 6.02. The van der Waals surface area contributed by atoms with E-state index in [0.29, 0.717) is 39.4 Å². The van der Waals surface area contributed by atoms with E-state index in [1.807, 2.05) is 0 Å². The highest BCUT2D eigenvalue weighted by atomic mass is 16.5. The van der Waals surface area contributed by atoms with Gasteiger partial charge in [-0.05, 0) is 36.4 Å². The van der Waals surface area contributed by atoms with Crippen LogP contribution in [0.1, 0.15) is 0 Å². The lowest BCUT2D eigenvalue weighted by molar-refractivity contribution is 0.355. The standard InChI is InChI=1S/C20H16O6/c1-22-15-6-4-11(10-16(15)23-2)18-20(24-3)17(21)13-5-7-14-12(8-9-25-14)19(13)26-18/h4-10H,1-3H3. The van der Waals surface area contributed by atoms with Crippen molar-refractivity contribution in [3.8, 4) is 28.6 Å². The van der Waals surface area contributed by atoms with Crippen LogP contribution in [0.5, 0.6) is 17.2 Å². The van der Waals surface area contributed by atoms with Gasteiger partial charge in [-0.2, -0.15) is 0 Å². The van der Waals surface area contributed by atoms with Crippen LogP contribution in [0.2, 0.25) is 0 Å². The van der Waals surface area contributed by atoms with Gasteiger partial charge in [0.1, 0.15) is 11.2 Å². The SMILES string of the molecule is COc1ccc(-c2oc3c(ccc4occc43)c(=O)c2OC)cc1OC. The van der Waals surface area contributed by atoms with Crippen LogP contribution in [0.4, 0.5) is 0 Å². The third-order valence-corrected chi connectivity index (χ3v) is 4.30. The predicted molar refractivity (Wildman–Crippen MR) is 97.3 cm³/mol. The Balaban J connectivity index is 2.07.